The van der Waals surface area contributed by atoms with E-state index in [4.69, 9.17) is 15.4 Å². The zero-order chi connectivity index (χ0) is 14.3. The lowest BCUT2D eigenvalue weighted by atomic mass is 10.2. The summed E-state index contributed by atoms with van der Waals surface area (Å²) in [6, 6.07) is 5.56. The lowest BCUT2D eigenvalue weighted by Crippen LogP contribution is -1.97. The number of aromatic nitrogens is 1. The van der Waals surface area contributed by atoms with Crippen molar-refractivity contribution < 1.29 is 13.2 Å². The molecule has 0 amide bonds. The Morgan fingerprint density at radius 2 is 2.15 bits per heavy atom. The molecule has 0 atom stereocenters. The van der Waals surface area contributed by atoms with Crippen molar-refractivity contribution in [2.45, 2.75) is 31.2 Å². The average molecular weight is 314 g/mol. The third-order valence-electron chi connectivity index (χ3n) is 3.55. The summed E-state index contributed by atoms with van der Waals surface area (Å²) in [5.74, 6) is 1.21. The quantitative estimate of drug-likeness (QED) is 0.795. The summed E-state index contributed by atoms with van der Waals surface area (Å²) >= 11 is 0. The van der Waals surface area contributed by atoms with Gasteiger partial charge in [-0.05, 0) is 37.8 Å². The molecule has 1 aliphatic rings. The minimum absolute atomic E-state index is 0.138. The maximum absolute atomic E-state index is 11.8. The number of benzene rings is 1. The van der Waals surface area contributed by atoms with Crippen LogP contribution in [0.3, 0.4) is 0 Å². The van der Waals surface area contributed by atoms with E-state index in [-0.39, 0.29) is 4.90 Å². The van der Waals surface area contributed by atoms with Gasteiger partial charge in [0.25, 0.3) is 9.05 Å². The molecule has 0 unspecified atom stereocenters. The molecule has 1 saturated carbocycles. The van der Waals surface area contributed by atoms with Crippen LogP contribution < -0.4 is 4.74 Å². The van der Waals surface area contributed by atoms with Crippen LogP contribution in [0.5, 0.6) is 5.75 Å². The first-order valence-corrected chi connectivity index (χ1v) is 9.01. The summed E-state index contributed by atoms with van der Waals surface area (Å²) in [5.41, 5.74) is 0.863. The second-order valence-corrected chi connectivity index (χ2v) is 7.64. The highest BCUT2D eigenvalue weighted by Crippen LogP contribution is 2.38. The van der Waals surface area contributed by atoms with Gasteiger partial charge in [-0.25, -0.2) is 8.42 Å². The van der Waals surface area contributed by atoms with Gasteiger partial charge in [-0.2, -0.15) is 0 Å². The summed E-state index contributed by atoms with van der Waals surface area (Å²) in [6.07, 6.45) is 4.04. The molecule has 0 radical (unpaired) electrons. The standard InChI is InChI=1S/C14H16ClNO3S/c1-2-19-12-5-3-4-11-14(12)13(20(15,17)18)9-16(11)8-10-6-7-10/h3-5,9-10H,2,6-8H2,1H3. The summed E-state index contributed by atoms with van der Waals surface area (Å²) in [4.78, 5) is 0.138. The Kier molecular flexibility index (Phi) is 3.42. The minimum Gasteiger partial charge on any atom is -0.493 e. The van der Waals surface area contributed by atoms with E-state index in [1.54, 1.807) is 12.3 Å². The number of hydrogen-bond acceptors (Lipinski definition) is 3. The molecule has 4 nitrogen and oxygen atoms in total. The molecular weight excluding hydrogens is 298 g/mol. The van der Waals surface area contributed by atoms with Gasteiger partial charge in [0, 0.05) is 23.4 Å². The van der Waals surface area contributed by atoms with E-state index < -0.39 is 9.05 Å². The Morgan fingerprint density at radius 3 is 2.75 bits per heavy atom. The van der Waals surface area contributed by atoms with Crippen LogP contribution in [0.4, 0.5) is 0 Å². The number of halogens is 1. The molecule has 0 spiro atoms. The molecule has 108 valence electrons. The zero-order valence-corrected chi connectivity index (χ0v) is 12.7. The van der Waals surface area contributed by atoms with Gasteiger partial charge in [-0.15, -0.1) is 0 Å². The predicted octanol–water partition coefficient (Wildman–Crippen LogP) is 3.38. The van der Waals surface area contributed by atoms with E-state index in [0.29, 0.717) is 23.7 Å². The van der Waals surface area contributed by atoms with Crippen molar-refractivity contribution >= 4 is 30.6 Å². The van der Waals surface area contributed by atoms with Crippen molar-refractivity contribution in [1.29, 1.82) is 0 Å². The number of rotatable bonds is 5. The fourth-order valence-electron chi connectivity index (χ4n) is 2.47. The van der Waals surface area contributed by atoms with Crippen LogP contribution >= 0.6 is 10.7 Å². The zero-order valence-electron chi connectivity index (χ0n) is 11.2. The van der Waals surface area contributed by atoms with Gasteiger partial charge >= 0.3 is 0 Å². The molecule has 2 aromatic rings. The van der Waals surface area contributed by atoms with Crippen molar-refractivity contribution in [1.82, 2.24) is 4.57 Å². The molecule has 0 N–H and O–H groups in total. The molecule has 1 fully saturated rings. The Labute approximate surface area is 122 Å². The van der Waals surface area contributed by atoms with E-state index in [1.165, 1.54) is 12.8 Å². The molecular formula is C14H16ClNO3S. The summed E-state index contributed by atoms with van der Waals surface area (Å²) in [6.45, 7) is 3.18. The summed E-state index contributed by atoms with van der Waals surface area (Å²) < 4.78 is 31.2. The van der Waals surface area contributed by atoms with Gasteiger partial charge in [0.2, 0.25) is 0 Å². The van der Waals surface area contributed by atoms with Crippen molar-refractivity contribution in [2.24, 2.45) is 5.92 Å². The highest BCUT2D eigenvalue weighted by atomic mass is 35.7. The molecule has 1 heterocycles. The molecule has 6 heteroatoms. The van der Waals surface area contributed by atoms with Crippen molar-refractivity contribution in [3.05, 3.63) is 24.4 Å². The van der Waals surface area contributed by atoms with Gasteiger partial charge < -0.3 is 9.30 Å². The minimum atomic E-state index is -3.79. The topological polar surface area (TPSA) is 48.3 Å². The van der Waals surface area contributed by atoms with Gasteiger partial charge in [-0.1, -0.05) is 6.07 Å². The summed E-state index contributed by atoms with van der Waals surface area (Å²) in [5, 5.41) is 0.588. The lowest BCUT2D eigenvalue weighted by Gasteiger charge is -2.07. The second-order valence-electron chi connectivity index (χ2n) is 5.11. The van der Waals surface area contributed by atoms with Crippen molar-refractivity contribution in [3.8, 4) is 5.75 Å². The normalized spacial score (nSPS) is 15.7. The molecule has 0 saturated heterocycles. The first-order chi connectivity index (χ1) is 9.50. The smallest absolute Gasteiger partial charge is 0.263 e. The SMILES string of the molecule is CCOc1cccc2c1c(S(=O)(=O)Cl)cn2CC1CC1. The highest BCUT2D eigenvalue weighted by molar-refractivity contribution is 8.14. The third-order valence-corrected chi connectivity index (χ3v) is 4.88. The maximum Gasteiger partial charge on any atom is 0.263 e. The van der Waals surface area contributed by atoms with E-state index in [0.717, 1.165) is 12.1 Å². The highest BCUT2D eigenvalue weighted by Gasteiger charge is 2.26. The van der Waals surface area contributed by atoms with Crippen LogP contribution in [0.1, 0.15) is 19.8 Å². The van der Waals surface area contributed by atoms with Gasteiger partial charge in [0.1, 0.15) is 10.6 Å². The van der Waals surface area contributed by atoms with Crippen LogP contribution in [0.2, 0.25) is 0 Å². The van der Waals surface area contributed by atoms with Gasteiger partial charge in [0.05, 0.1) is 17.5 Å². The second kappa shape index (κ2) is 4.97. The molecule has 0 aliphatic heterocycles. The van der Waals surface area contributed by atoms with Crippen LogP contribution in [0, 0.1) is 5.92 Å². The fraction of sp³-hybridized carbons (Fsp3) is 0.429. The predicted molar refractivity (Wildman–Crippen MR) is 78.9 cm³/mol. The molecule has 0 bridgehead atoms. The van der Waals surface area contributed by atoms with Crippen LogP contribution in [0.15, 0.2) is 29.3 Å². The Balaban J connectivity index is 2.24. The molecule has 1 aliphatic carbocycles. The van der Waals surface area contributed by atoms with Crippen molar-refractivity contribution in [2.75, 3.05) is 6.61 Å². The number of fused-ring (bicyclic) bond motifs is 1. The van der Waals surface area contributed by atoms with E-state index in [9.17, 15) is 8.42 Å². The first kappa shape index (κ1) is 13.8. The summed E-state index contributed by atoms with van der Waals surface area (Å²) in [7, 11) is 1.79. The first-order valence-electron chi connectivity index (χ1n) is 6.70. The van der Waals surface area contributed by atoms with Crippen LogP contribution in [0.25, 0.3) is 10.9 Å². The van der Waals surface area contributed by atoms with Crippen LogP contribution in [-0.4, -0.2) is 19.6 Å². The Bertz CT molecular complexity index is 747. The molecule has 20 heavy (non-hydrogen) atoms. The monoisotopic (exact) mass is 313 g/mol. The largest absolute Gasteiger partial charge is 0.493 e. The fourth-order valence-corrected chi connectivity index (χ4v) is 3.53. The Morgan fingerprint density at radius 1 is 1.40 bits per heavy atom. The van der Waals surface area contributed by atoms with E-state index in [2.05, 4.69) is 0 Å². The van der Waals surface area contributed by atoms with Crippen LogP contribution in [-0.2, 0) is 15.6 Å². The lowest BCUT2D eigenvalue weighted by molar-refractivity contribution is 0.344. The van der Waals surface area contributed by atoms with E-state index in [1.807, 2.05) is 23.6 Å². The molecule has 1 aromatic carbocycles. The number of hydrogen-bond donors (Lipinski definition) is 0. The maximum atomic E-state index is 11.8. The molecule has 1 aromatic heterocycles. The number of ether oxygens (including phenoxy) is 1. The van der Waals surface area contributed by atoms with Crippen molar-refractivity contribution in [3.63, 3.8) is 0 Å². The number of nitrogens with zero attached hydrogens (tertiary/aromatic N) is 1. The Hall–Kier alpha value is -1.20. The van der Waals surface area contributed by atoms with Gasteiger partial charge in [0.15, 0.2) is 0 Å². The van der Waals surface area contributed by atoms with Gasteiger partial charge in [-0.3, -0.25) is 0 Å². The molecule has 3 rings (SSSR count). The third kappa shape index (κ3) is 2.52. The average Bonchev–Trinajstić information content (AvgIpc) is 3.10. The van der Waals surface area contributed by atoms with E-state index >= 15 is 0 Å².